The van der Waals surface area contributed by atoms with Crippen molar-refractivity contribution in [3.05, 3.63) is 49.3 Å². The number of aromatic nitrogens is 3. The van der Waals surface area contributed by atoms with Crippen LogP contribution < -0.4 is 5.43 Å². The lowest BCUT2D eigenvalue weighted by molar-refractivity contribution is 0.0693. The molecule has 0 spiro atoms. The number of nitrogens with zero attached hydrogens (tertiary/aromatic N) is 3. The average Bonchev–Trinajstić information content (AvgIpc) is 2.71. The number of pyridine rings is 1. The molecule has 0 aliphatic heterocycles. The lowest BCUT2D eigenvalue weighted by atomic mass is 9.86. The van der Waals surface area contributed by atoms with Gasteiger partial charge in [-0.2, -0.15) is 5.10 Å². The van der Waals surface area contributed by atoms with E-state index in [0.29, 0.717) is 0 Å². The van der Waals surface area contributed by atoms with Crippen LogP contribution in [-0.4, -0.2) is 25.4 Å². The van der Waals surface area contributed by atoms with Crippen molar-refractivity contribution in [2.45, 2.75) is 33.4 Å². The third kappa shape index (κ3) is 3.77. The van der Waals surface area contributed by atoms with Gasteiger partial charge in [0.05, 0.1) is 12.6 Å². The minimum Gasteiger partial charge on any atom is -0.477 e. The molecule has 0 aliphatic carbocycles. The van der Waals surface area contributed by atoms with Crippen LogP contribution in [0.25, 0.3) is 0 Å². The van der Waals surface area contributed by atoms with E-state index >= 15 is 0 Å². The summed E-state index contributed by atoms with van der Waals surface area (Å²) >= 11 is 6.20. The molecule has 1 atom stereocenters. The first-order chi connectivity index (χ1) is 11.0. The lowest BCUT2D eigenvalue weighted by Crippen LogP contribution is -2.30. The van der Waals surface area contributed by atoms with Gasteiger partial charge in [0.25, 0.3) is 0 Å². The van der Waals surface area contributed by atoms with Crippen LogP contribution in [0.2, 0.25) is 0 Å². The summed E-state index contributed by atoms with van der Waals surface area (Å²) in [6.07, 6.45) is 2.84. The van der Waals surface area contributed by atoms with Crippen LogP contribution in [0, 0.1) is 11.2 Å². The average molecular weight is 465 g/mol. The Morgan fingerprint density at radius 1 is 1.42 bits per heavy atom. The molecule has 130 valence electrons. The van der Waals surface area contributed by atoms with E-state index in [4.69, 9.17) is 5.11 Å². The fraction of sp³-hybridized carbons (Fsp3) is 0.400. The molecule has 0 bridgehead atoms. The molecule has 0 saturated carbocycles. The number of carboxylic acid groups (broad SMARTS) is 1. The smallest absolute Gasteiger partial charge is 0.341 e. The van der Waals surface area contributed by atoms with E-state index in [-0.39, 0.29) is 32.8 Å². The molecule has 0 radical (unpaired) electrons. The molecule has 0 amide bonds. The summed E-state index contributed by atoms with van der Waals surface area (Å²) in [7, 11) is 0. The fourth-order valence-corrected chi connectivity index (χ4v) is 3.40. The molecular weight excluding hydrogens is 449 g/mol. The number of hydrogen-bond acceptors (Lipinski definition) is 3. The van der Waals surface area contributed by atoms with Gasteiger partial charge >= 0.3 is 5.97 Å². The van der Waals surface area contributed by atoms with E-state index in [1.807, 2.05) is 20.8 Å². The van der Waals surface area contributed by atoms with E-state index in [2.05, 4.69) is 37.0 Å². The van der Waals surface area contributed by atoms with Crippen LogP contribution >= 0.6 is 31.9 Å². The van der Waals surface area contributed by atoms with Gasteiger partial charge in [0.2, 0.25) is 0 Å². The predicted octanol–water partition coefficient (Wildman–Crippen LogP) is 3.69. The van der Waals surface area contributed by atoms with Crippen LogP contribution in [-0.2, 0) is 6.54 Å². The van der Waals surface area contributed by atoms with Gasteiger partial charge in [0.1, 0.15) is 10.2 Å². The number of rotatable bonds is 4. The summed E-state index contributed by atoms with van der Waals surface area (Å²) < 4.78 is 17.2. The second kappa shape index (κ2) is 6.79. The third-order valence-electron chi connectivity index (χ3n) is 3.67. The molecular formula is C15H16Br2FN3O3. The van der Waals surface area contributed by atoms with E-state index in [1.165, 1.54) is 23.1 Å². The summed E-state index contributed by atoms with van der Waals surface area (Å²) in [5.41, 5.74) is -1.17. The maximum absolute atomic E-state index is 13.8. The molecule has 1 N–H and O–H groups in total. The van der Waals surface area contributed by atoms with Gasteiger partial charge in [-0.1, -0.05) is 20.8 Å². The van der Waals surface area contributed by atoms with Crippen LogP contribution in [0.3, 0.4) is 0 Å². The van der Waals surface area contributed by atoms with Crippen molar-refractivity contribution in [2.24, 2.45) is 5.41 Å². The fourth-order valence-electron chi connectivity index (χ4n) is 2.35. The third-order valence-corrected chi connectivity index (χ3v) is 4.94. The van der Waals surface area contributed by atoms with E-state index < -0.39 is 17.2 Å². The lowest BCUT2D eigenvalue weighted by Gasteiger charge is -2.33. The van der Waals surface area contributed by atoms with Crippen LogP contribution in [0.1, 0.15) is 37.2 Å². The van der Waals surface area contributed by atoms with E-state index in [9.17, 15) is 14.0 Å². The maximum atomic E-state index is 13.8. The second-order valence-electron chi connectivity index (χ2n) is 6.43. The van der Waals surface area contributed by atoms with E-state index in [1.54, 1.807) is 4.57 Å². The van der Waals surface area contributed by atoms with Gasteiger partial charge in [-0.3, -0.25) is 9.48 Å². The summed E-state index contributed by atoms with van der Waals surface area (Å²) in [5, 5.41) is 13.2. The highest BCUT2D eigenvalue weighted by Crippen LogP contribution is 2.33. The Kier molecular flexibility index (Phi) is 5.34. The highest BCUT2D eigenvalue weighted by Gasteiger charge is 2.29. The zero-order valence-electron chi connectivity index (χ0n) is 13.3. The van der Waals surface area contributed by atoms with Crippen molar-refractivity contribution >= 4 is 37.8 Å². The van der Waals surface area contributed by atoms with Crippen LogP contribution in [0.5, 0.6) is 0 Å². The topological polar surface area (TPSA) is 77.1 Å². The van der Waals surface area contributed by atoms with Crippen molar-refractivity contribution in [1.29, 1.82) is 0 Å². The first kappa shape index (κ1) is 18.9. The zero-order valence-corrected chi connectivity index (χ0v) is 16.4. The van der Waals surface area contributed by atoms with Crippen LogP contribution in [0.4, 0.5) is 4.39 Å². The van der Waals surface area contributed by atoms with Crippen molar-refractivity contribution in [2.75, 3.05) is 0 Å². The molecule has 0 aromatic carbocycles. The molecule has 6 nitrogen and oxygen atoms in total. The Morgan fingerprint density at radius 2 is 2.04 bits per heavy atom. The second-order valence-corrected chi connectivity index (χ2v) is 7.94. The first-order valence-electron chi connectivity index (χ1n) is 7.04. The minimum absolute atomic E-state index is 0.0909. The molecule has 2 aromatic heterocycles. The largest absolute Gasteiger partial charge is 0.477 e. The maximum Gasteiger partial charge on any atom is 0.341 e. The monoisotopic (exact) mass is 463 g/mol. The van der Waals surface area contributed by atoms with Gasteiger partial charge < -0.3 is 9.67 Å². The number of hydrogen-bond donors (Lipinski definition) is 1. The molecule has 0 fully saturated rings. The number of aromatic carboxylic acids is 1. The normalized spacial score (nSPS) is 13.1. The van der Waals surface area contributed by atoms with Gasteiger partial charge in [-0.25, -0.2) is 9.18 Å². The first-order valence-corrected chi connectivity index (χ1v) is 8.63. The summed E-state index contributed by atoms with van der Waals surface area (Å²) in [6.45, 7) is 6.20. The molecule has 2 rings (SSSR count). The SMILES string of the molecule is CC(C)(C)C(Cn1nc(Br)c(F)c1Br)n1ccc(=O)c(C(=O)O)c1. The summed E-state index contributed by atoms with van der Waals surface area (Å²) in [6, 6.07) is 0.954. The van der Waals surface area contributed by atoms with Crippen LogP contribution in [0.15, 0.2) is 32.5 Å². The Morgan fingerprint density at radius 3 is 2.50 bits per heavy atom. The molecule has 2 aromatic rings. The summed E-state index contributed by atoms with van der Waals surface area (Å²) in [4.78, 5) is 22.9. The van der Waals surface area contributed by atoms with Gasteiger partial charge in [0, 0.05) is 18.5 Å². The van der Waals surface area contributed by atoms with Crippen molar-refractivity contribution < 1.29 is 14.3 Å². The van der Waals surface area contributed by atoms with Crippen molar-refractivity contribution in [3.63, 3.8) is 0 Å². The molecule has 2 heterocycles. The van der Waals surface area contributed by atoms with Gasteiger partial charge in [-0.15, -0.1) is 0 Å². The van der Waals surface area contributed by atoms with Gasteiger partial charge in [-0.05, 0) is 37.3 Å². The molecule has 1 unspecified atom stereocenters. The standard InChI is InChI=1S/C15H16Br2FN3O3/c1-15(2,3)10(7-21-13(17)11(18)12(16)19-21)20-5-4-9(22)8(6-20)14(23)24/h4-6,10H,7H2,1-3H3,(H,23,24). The molecule has 0 aliphatic rings. The molecule has 0 saturated heterocycles. The Balaban J connectivity index is 2.51. The van der Waals surface area contributed by atoms with Gasteiger partial charge in [0.15, 0.2) is 15.8 Å². The zero-order chi connectivity index (χ0) is 18.2. The van der Waals surface area contributed by atoms with E-state index in [0.717, 1.165) is 0 Å². The Labute approximate surface area is 154 Å². The predicted molar refractivity (Wildman–Crippen MR) is 93.7 cm³/mol. The van der Waals surface area contributed by atoms with Crippen molar-refractivity contribution in [3.8, 4) is 0 Å². The number of carbonyl (C=O) groups is 1. The number of halogens is 3. The molecule has 9 heteroatoms. The Hall–Kier alpha value is -1.48. The molecule has 24 heavy (non-hydrogen) atoms. The quantitative estimate of drug-likeness (QED) is 0.748. The minimum atomic E-state index is -1.28. The Bertz CT molecular complexity index is 839. The number of carboxylic acids is 1. The van der Waals surface area contributed by atoms with Crippen molar-refractivity contribution in [1.82, 2.24) is 14.3 Å². The summed E-state index contributed by atoms with van der Waals surface area (Å²) in [5.74, 6) is -1.79. The highest BCUT2D eigenvalue weighted by atomic mass is 79.9. The highest BCUT2D eigenvalue weighted by molar-refractivity contribution is 9.11.